The number of para-hydroxylation sites is 1. The first-order valence-electron chi connectivity index (χ1n) is 5.18. The molecule has 0 radical (unpaired) electrons. The smallest absolute Gasteiger partial charge is 0.209 e. The summed E-state index contributed by atoms with van der Waals surface area (Å²) in [6.07, 6.45) is 0. The van der Waals surface area contributed by atoms with Gasteiger partial charge in [-0.25, -0.2) is 9.40 Å². The van der Waals surface area contributed by atoms with Crippen LogP contribution in [0.1, 0.15) is 12.5 Å². The summed E-state index contributed by atoms with van der Waals surface area (Å²) in [6, 6.07) is 4.29. The van der Waals surface area contributed by atoms with E-state index in [1.165, 1.54) is 17.1 Å². The Hall–Kier alpha value is -2.11. The molecule has 17 heavy (non-hydrogen) atoms. The Morgan fingerprint density at radius 2 is 2.35 bits per heavy atom. The van der Waals surface area contributed by atoms with Crippen molar-refractivity contribution in [3.63, 3.8) is 0 Å². The molecular weight excluding hydrogens is 223 g/mol. The van der Waals surface area contributed by atoms with E-state index in [1.807, 2.05) is 6.92 Å². The van der Waals surface area contributed by atoms with Gasteiger partial charge in [0.2, 0.25) is 5.96 Å². The Morgan fingerprint density at radius 3 is 2.94 bits per heavy atom. The summed E-state index contributed by atoms with van der Waals surface area (Å²) in [6.45, 7) is 2.34. The van der Waals surface area contributed by atoms with Crippen molar-refractivity contribution >= 4 is 11.7 Å². The van der Waals surface area contributed by atoms with Crippen molar-refractivity contribution in [2.75, 3.05) is 6.54 Å². The van der Waals surface area contributed by atoms with E-state index >= 15 is 0 Å². The molecule has 2 rings (SSSR count). The zero-order chi connectivity index (χ0) is 12.6. The normalized spacial score (nSPS) is 19.3. The van der Waals surface area contributed by atoms with Gasteiger partial charge in [-0.15, -0.1) is 0 Å². The van der Waals surface area contributed by atoms with Crippen LogP contribution in [0.25, 0.3) is 0 Å². The average Bonchev–Trinajstić information content (AvgIpc) is 2.65. The van der Waals surface area contributed by atoms with Crippen LogP contribution < -0.4 is 5.73 Å². The first kappa shape index (κ1) is 11.4. The lowest BCUT2D eigenvalue weighted by Crippen LogP contribution is -2.31. The van der Waals surface area contributed by atoms with Crippen molar-refractivity contribution in [3.05, 3.63) is 29.6 Å². The van der Waals surface area contributed by atoms with Crippen molar-refractivity contribution in [2.45, 2.75) is 6.92 Å². The molecule has 0 amide bonds. The second-order valence-corrected chi connectivity index (χ2v) is 3.99. The van der Waals surface area contributed by atoms with E-state index in [9.17, 15) is 9.50 Å². The third kappa shape index (κ3) is 1.93. The van der Waals surface area contributed by atoms with Crippen molar-refractivity contribution in [3.8, 4) is 5.75 Å². The fourth-order valence-electron chi connectivity index (χ4n) is 1.81. The monoisotopic (exact) mass is 236 g/mol. The Bertz CT molecular complexity index is 500. The summed E-state index contributed by atoms with van der Waals surface area (Å²) in [5.74, 6) is -1.28. The van der Waals surface area contributed by atoms with Gasteiger partial charge in [-0.05, 0) is 12.1 Å². The summed E-state index contributed by atoms with van der Waals surface area (Å²) < 4.78 is 13.2. The fraction of sp³-hybridized carbons (Fsp3) is 0.273. The number of nitrogens with one attached hydrogen (secondary N) is 1. The predicted octanol–water partition coefficient (Wildman–Crippen LogP) is 1.08. The third-order valence-corrected chi connectivity index (χ3v) is 2.68. The molecule has 0 bridgehead atoms. The number of aromatic hydroxyl groups is 1. The highest BCUT2D eigenvalue weighted by Crippen LogP contribution is 2.27. The van der Waals surface area contributed by atoms with Crippen LogP contribution in [0, 0.1) is 17.1 Å². The standard InChI is InChI=1S/C11H13FN4O/c1-6-5-16(11(13)14)15-9(6)7-3-2-4-8(12)10(7)17/h2-4,6,17H,5H2,1H3,(H3,13,14). The molecule has 1 aliphatic heterocycles. The number of phenolic OH excluding ortho intramolecular Hbond substituents is 1. The van der Waals surface area contributed by atoms with Crippen LogP contribution in [0.2, 0.25) is 0 Å². The van der Waals surface area contributed by atoms with Gasteiger partial charge in [-0.3, -0.25) is 5.41 Å². The second-order valence-electron chi connectivity index (χ2n) is 3.99. The molecule has 1 aromatic carbocycles. The molecule has 0 aromatic heterocycles. The van der Waals surface area contributed by atoms with E-state index in [4.69, 9.17) is 11.1 Å². The Balaban J connectivity index is 2.43. The number of hydrogen-bond donors (Lipinski definition) is 3. The molecule has 1 heterocycles. The summed E-state index contributed by atoms with van der Waals surface area (Å²) in [7, 11) is 0. The number of rotatable bonds is 1. The zero-order valence-electron chi connectivity index (χ0n) is 9.31. The third-order valence-electron chi connectivity index (χ3n) is 2.68. The molecule has 1 aliphatic rings. The minimum atomic E-state index is -0.682. The van der Waals surface area contributed by atoms with E-state index in [1.54, 1.807) is 6.07 Å². The van der Waals surface area contributed by atoms with Gasteiger partial charge in [0, 0.05) is 11.5 Å². The van der Waals surface area contributed by atoms with Gasteiger partial charge in [0.25, 0.3) is 0 Å². The molecule has 0 aliphatic carbocycles. The highest BCUT2D eigenvalue weighted by Gasteiger charge is 2.27. The van der Waals surface area contributed by atoms with Gasteiger partial charge >= 0.3 is 0 Å². The molecular formula is C11H13FN4O. The fourth-order valence-corrected chi connectivity index (χ4v) is 1.81. The molecule has 0 fully saturated rings. The summed E-state index contributed by atoms with van der Waals surface area (Å²) in [4.78, 5) is 0. The lowest BCUT2D eigenvalue weighted by atomic mass is 9.98. The minimum Gasteiger partial charge on any atom is -0.504 e. The number of guanidine groups is 1. The molecule has 1 atom stereocenters. The Morgan fingerprint density at radius 1 is 1.65 bits per heavy atom. The van der Waals surface area contributed by atoms with E-state index in [0.29, 0.717) is 17.8 Å². The zero-order valence-corrected chi connectivity index (χ0v) is 9.31. The van der Waals surface area contributed by atoms with E-state index in [-0.39, 0.29) is 11.9 Å². The second kappa shape index (κ2) is 4.04. The van der Waals surface area contributed by atoms with Crippen molar-refractivity contribution in [2.24, 2.45) is 16.8 Å². The Labute approximate surface area is 97.9 Å². The maximum Gasteiger partial charge on any atom is 0.209 e. The van der Waals surface area contributed by atoms with Crippen molar-refractivity contribution in [1.29, 1.82) is 5.41 Å². The van der Waals surface area contributed by atoms with Gasteiger partial charge in [0.1, 0.15) is 0 Å². The molecule has 6 heteroatoms. The summed E-state index contributed by atoms with van der Waals surface area (Å²) >= 11 is 0. The average molecular weight is 236 g/mol. The summed E-state index contributed by atoms with van der Waals surface area (Å²) in [5, 5.41) is 22.4. The molecule has 0 saturated heterocycles. The van der Waals surface area contributed by atoms with Crippen LogP contribution >= 0.6 is 0 Å². The number of nitrogens with zero attached hydrogens (tertiary/aromatic N) is 2. The molecule has 0 saturated carbocycles. The maximum atomic E-state index is 13.2. The molecule has 1 aromatic rings. The van der Waals surface area contributed by atoms with Crippen LogP contribution in [0.4, 0.5) is 4.39 Å². The van der Waals surface area contributed by atoms with E-state index in [2.05, 4.69) is 5.10 Å². The van der Waals surface area contributed by atoms with Gasteiger partial charge in [0.05, 0.1) is 12.3 Å². The molecule has 0 spiro atoms. The van der Waals surface area contributed by atoms with Crippen molar-refractivity contribution < 1.29 is 9.50 Å². The van der Waals surface area contributed by atoms with E-state index in [0.717, 1.165) is 0 Å². The van der Waals surface area contributed by atoms with Gasteiger partial charge < -0.3 is 10.8 Å². The first-order chi connectivity index (χ1) is 8.00. The summed E-state index contributed by atoms with van der Waals surface area (Å²) in [5.41, 5.74) is 6.22. The van der Waals surface area contributed by atoms with E-state index < -0.39 is 11.6 Å². The molecule has 4 N–H and O–H groups in total. The topological polar surface area (TPSA) is 85.7 Å². The predicted molar refractivity (Wildman–Crippen MR) is 62.4 cm³/mol. The van der Waals surface area contributed by atoms with Crippen LogP contribution in [0.15, 0.2) is 23.3 Å². The van der Waals surface area contributed by atoms with Gasteiger partial charge in [0.15, 0.2) is 11.6 Å². The first-order valence-corrected chi connectivity index (χ1v) is 5.18. The van der Waals surface area contributed by atoms with Crippen LogP contribution in [0.5, 0.6) is 5.75 Å². The lowest BCUT2D eigenvalue weighted by molar-refractivity contribution is 0.431. The highest BCUT2D eigenvalue weighted by molar-refractivity contribution is 6.06. The van der Waals surface area contributed by atoms with Crippen molar-refractivity contribution in [1.82, 2.24) is 5.01 Å². The number of halogens is 1. The molecule has 1 unspecified atom stereocenters. The number of hydrogen-bond acceptors (Lipinski definition) is 3. The maximum absolute atomic E-state index is 13.2. The highest BCUT2D eigenvalue weighted by atomic mass is 19.1. The lowest BCUT2D eigenvalue weighted by Gasteiger charge is -2.10. The SMILES string of the molecule is CC1CN(C(=N)N)N=C1c1cccc(F)c1O. The van der Waals surface area contributed by atoms with Crippen LogP contribution in [-0.4, -0.2) is 28.3 Å². The Kier molecular flexibility index (Phi) is 2.71. The van der Waals surface area contributed by atoms with Crippen LogP contribution in [-0.2, 0) is 0 Å². The molecule has 90 valence electrons. The molecule has 5 nitrogen and oxygen atoms in total. The van der Waals surface area contributed by atoms with Crippen LogP contribution in [0.3, 0.4) is 0 Å². The largest absolute Gasteiger partial charge is 0.504 e. The van der Waals surface area contributed by atoms with Gasteiger partial charge in [-0.2, -0.15) is 5.10 Å². The number of benzene rings is 1. The number of phenols is 1. The number of nitrogens with two attached hydrogens (primary N) is 1. The number of hydrazone groups is 1. The quantitative estimate of drug-likeness (QED) is 0.503. The minimum absolute atomic E-state index is 0.0217. The van der Waals surface area contributed by atoms with Gasteiger partial charge in [-0.1, -0.05) is 13.0 Å².